The fraction of sp³-hybridized carbons (Fsp3) is 0.286. The molecule has 2 N–H and O–H groups in total. The summed E-state index contributed by atoms with van der Waals surface area (Å²) < 4.78 is 12.3. The second-order valence-electron chi connectivity index (χ2n) is 2.41. The zero-order valence-corrected chi connectivity index (χ0v) is 10.3. The number of nitrogens with zero attached hydrogens (tertiary/aromatic N) is 2. The molecule has 0 saturated carbocycles. The summed E-state index contributed by atoms with van der Waals surface area (Å²) in [5, 5.41) is 4.85. The fourth-order valence-corrected chi connectivity index (χ4v) is 1.13. The van der Waals surface area contributed by atoms with E-state index in [2.05, 4.69) is 20.6 Å². The predicted molar refractivity (Wildman–Crippen MR) is 62.8 cm³/mol. The minimum absolute atomic E-state index is 0.0443. The monoisotopic (exact) mass is 344 g/mol. The third kappa shape index (κ3) is 4.12. The third-order valence-corrected chi connectivity index (χ3v) is 2.68. The Balaban J connectivity index is 2.57. The first kappa shape index (κ1) is 12.4. The summed E-state index contributed by atoms with van der Waals surface area (Å²) in [4.78, 5) is 18.8. The van der Waals surface area contributed by atoms with Gasteiger partial charge in [0.15, 0.2) is 11.0 Å². The van der Waals surface area contributed by atoms with E-state index in [4.69, 9.17) is 11.6 Å². The van der Waals surface area contributed by atoms with Crippen LogP contribution < -0.4 is 10.6 Å². The van der Waals surface area contributed by atoms with Crippen LogP contribution in [-0.4, -0.2) is 29.2 Å². The fourth-order valence-electron chi connectivity index (χ4n) is 0.733. The first-order chi connectivity index (χ1) is 7.13. The summed E-state index contributed by atoms with van der Waals surface area (Å²) in [6.07, 6.45) is 1.36. The van der Waals surface area contributed by atoms with Gasteiger partial charge in [0.1, 0.15) is 10.4 Å². The number of rotatable bonds is 3. The Morgan fingerprint density at radius 3 is 3.00 bits per heavy atom. The number of aromatic nitrogens is 2. The quantitative estimate of drug-likeness (QED) is 0.822. The van der Waals surface area contributed by atoms with Gasteiger partial charge in [-0.1, -0.05) is 11.6 Å². The molecule has 1 aromatic heterocycles. The largest absolute Gasteiger partial charge is 0.335 e. The van der Waals surface area contributed by atoms with Crippen molar-refractivity contribution in [1.82, 2.24) is 15.3 Å². The smallest absolute Gasteiger partial charge is 0.320 e. The predicted octanol–water partition coefficient (Wildman–Crippen LogP) is 1.83. The van der Waals surface area contributed by atoms with Crippen LogP contribution in [0.3, 0.4) is 0 Å². The number of nitrogens with one attached hydrogen (secondary N) is 2. The Morgan fingerprint density at radius 2 is 2.40 bits per heavy atom. The van der Waals surface area contributed by atoms with Crippen molar-refractivity contribution >= 4 is 46.0 Å². The normalized spacial score (nSPS) is 9.80. The molecule has 0 aliphatic carbocycles. The van der Waals surface area contributed by atoms with Crippen LogP contribution in [0.1, 0.15) is 0 Å². The molecule has 0 saturated heterocycles. The molecule has 0 spiro atoms. The molecule has 2 amide bonds. The van der Waals surface area contributed by atoms with Gasteiger partial charge >= 0.3 is 6.03 Å². The molecule has 0 fully saturated rings. The lowest BCUT2D eigenvalue weighted by atomic mass is 10.6. The maximum Gasteiger partial charge on any atom is 0.320 e. The van der Waals surface area contributed by atoms with Gasteiger partial charge < -0.3 is 5.32 Å². The van der Waals surface area contributed by atoms with Crippen LogP contribution in [0.4, 0.5) is 15.0 Å². The maximum absolute atomic E-state index is 11.7. The summed E-state index contributed by atoms with van der Waals surface area (Å²) in [5.74, 6) is 0.219. The van der Waals surface area contributed by atoms with E-state index in [0.29, 0.717) is 3.70 Å². The highest BCUT2D eigenvalue weighted by atomic mass is 127. The molecule has 0 aliphatic heterocycles. The number of hydrogen-bond donors (Lipinski definition) is 2. The van der Waals surface area contributed by atoms with Crippen molar-refractivity contribution in [2.24, 2.45) is 0 Å². The lowest BCUT2D eigenvalue weighted by molar-refractivity contribution is 0.251. The molecule has 82 valence electrons. The van der Waals surface area contributed by atoms with E-state index >= 15 is 0 Å². The molecule has 0 unspecified atom stereocenters. The van der Waals surface area contributed by atoms with E-state index in [1.54, 1.807) is 0 Å². The standard InChI is InChI=1S/C7H7ClFIN4O/c8-5-6(10)12-3-4(13-5)14-7(15)11-2-1-9/h3H,1-2H2,(H2,11,13,14,15). The SMILES string of the molecule is O=C(NCCF)Nc1cnc(I)c(Cl)n1. The number of alkyl halides is 1. The minimum Gasteiger partial charge on any atom is -0.335 e. The summed E-state index contributed by atoms with van der Waals surface area (Å²) in [6.45, 7) is -0.663. The van der Waals surface area contributed by atoms with Crippen molar-refractivity contribution in [2.45, 2.75) is 0 Å². The molecule has 0 aromatic carbocycles. The van der Waals surface area contributed by atoms with Crippen LogP contribution in [-0.2, 0) is 0 Å². The summed E-state index contributed by atoms with van der Waals surface area (Å²) in [5.41, 5.74) is 0. The zero-order valence-electron chi connectivity index (χ0n) is 7.43. The van der Waals surface area contributed by atoms with Gasteiger partial charge in [-0.05, 0) is 22.6 Å². The Hall–Kier alpha value is -0.700. The number of carbonyl (C=O) groups is 1. The summed E-state index contributed by atoms with van der Waals surface area (Å²) in [6, 6.07) is -0.542. The lowest BCUT2D eigenvalue weighted by Gasteiger charge is -2.05. The molecule has 1 aromatic rings. The van der Waals surface area contributed by atoms with Gasteiger partial charge in [0, 0.05) is 6.54 Å². The summed E-state index contributed by atoms with van der Waals surface area (Å²) in [7, 11) is 0. The number of halogens is 3. The average molecular weight is 345 g/mol. The Labute approximate surface area is 104 Å². The number of anilines is 1. The van der Waals surface area contributed by atoms with Crippen molar-refractivity contribution in [3.8, 4) is 0 Å². The molecule has 0 bridgehead atoms. The number of hydrogen-bond acceptors (Lipinski definition) is 3. The number of amides is 2. The van der Waals surface area contributed by atoms with Gasteiger partial charge in [-0.25, -0.2) is 19.2 Å². The highest BCUT2D eigenvalue weighted by molar-refractivity contribution is 14.1. The molecule has 0 atom stereocenters. The minimum atomic E-state index is -0.619. The second kappa shape index (κ2) is 6.01. The van der Waals surface area contributed by atoms with E-state index in [1.807, 2.05) is 22.6 Å². The van der Waals surface area contributed by atoms with Gasteiger partial charge in [-0.3, -0.25) is 5.32 Å². The highest BCUT2D eigenvalue weighted by Crippen LogP contribution is 2.14. The molecule has 8 heteroatoms. The van der Waals surface area contributed by atoms with E-state index in [1.165, 1.54) is 6.20 Å². The molecular weight excluding hydrogens is 337 g/mol. The van der Waals surface area contributed by atoms with Gasteiger partial charge in [0.2, 0.25) is 0 Å². The maximum atomic E-state index is 11.7. The van der Waals surface area contributed by atoms with Crippen LogP contribution in [0.15, 0.2) is 6.20 Å². The molecular formula is C7H7ClFIN4O. The second-order valence-corrected chi connectivity index (χ2v) is 3.79. The van der Waals surface area contributed by atoms with Crippen LogP contribution >= 0.6 is 34.2 Å². The van der Waals surface area contributed by atoms with E-state index < -0.39 is 12.7 Å². The summed E-state index contributed by atoms with van der Waals surface area (Å²) >= 11 is 7.60. The molecule has 1 heterocycles. The van der Waals surface area contributed by atoms with Crippen molar-refractivity contribution in [3.63, 3.8) is 0 Å². The first-order valence-electron chi connectivity index (χ1n) is 3.92. The molecule has 1 rings (SSSR count). The van der Waals surface area contributed by atoms with Gasteiger partial charge in [-0.2, -0.15) is 0 Å². The Bertz CT molecular complexity index is 365. The molecule has 0 radical (unpaired) electrons. The van der Waals surface area contributed by atoms with Gasteiger partial charge in [-0.15, -0.1) is 0 Å². The van der Waals surface area contributed by atoms with E-state index in [9.17, 15) is 9.18 Å². The van der Waals surface area contributed by atoms with Crippen molar-refractivity contribution in [3.05, 3.63) is 15.1 Å². The first-order valence-corrected chi connectivity index (χ1v) is 5.38. The van der Waals surface area contributed by atoms with Crippen molar-refractivity contribution < 1.29 is 9.18 Å². The van der Waals surface area contributed by atoms with Crippen molar-refractivity contribution in [1.29, 1.82) is 0 Å². The topological polar surface area (TPSA) is 66.9 Å². The van der Waals surface area contributed by atoms with Crippen LogP contribution in [0, 0.1) is 3.70 Å². The lowest BCUT2D eigenvalue weighted by Crippen LogP contribution is -2.30. The van der Waals surface area contributed by atoms with Gasteiger partial charge in [0.05, 0.1) is 6.20 Å². The molecule has 5 nitrogen and oxygen atoms in total. The molecule has 15 heavy (non-hydrogen) atoms. The van der Waals surface area contributed by atoms with Crippen molar-refractivity contribution in [2.75, 3.05) is 18.5 Å². The highest BCUT2D eigenvalue weighted by Gasteiger charge is 2.05. The Morgan fingerprint density at radius 1 is 1.67 bits per heavy atom. The average Bonchev–Trinajstić information content (AvgIpc) is 2.20. The van der Waals surface area contributed by atoms with Crippen LogP contribution in [0.5, 0.6) is 0 Å². The zero-order chi connectivity index (χ0) is 11.3. The van der Waals surface area contributed by atoms with Crippen LogP contribution in [0.25, 0.3) is 0 Å². The number of carbonyl (C=O) groups excluding carboxylic acids is 1. The van der Waals surface area contributed by atoms with E-state index in [-0.39, 0.29) is 17.5 Å². The Kier molecular flexibility index (Phi) is 4.95. The number of urea groups is 1. The van der Waals surface area contributed by atoms with E-state index in [0.717, 1.165) is 0 Å². The van der Waals surface area contributed by atoms with Gasteiger partial charge in [0.25, 0.3) is 0 Å². The third-order valence-electron chi connectivity index (χ3n) is 1.31. The van der Waals surface area contributed by atoms with Crippen LogP contribution in [0.2, 0.25) is 5.15 Å². The molecule has 0 aliphatic rings.